The highest BCUT2D eigenvalue weighted by atomic mass is 79.9. The van der Waals surface area contributed by atoms with Gasteiger partial charge in [0.2, 0.25) is 0 Å². The Morgan fingerprint density at radius 2 is 1.44 bits per heavy atom. The van der Waals surface area contributed by atoms with Crippen molar-refractivity contribution in [2.75, 3.05) is 13.1 Å². The van der Waals surface area contributed by atoms with Crippen LogP contribution >= 0.6 is 15.9 Å². The van der Waals surface area contributed by atoms with Gasteiger partial charge in [-0.25, -0.2) is 0 Å². The average molecular weight is 428 g/mol. The van der Waals surface area contributed by atoms with Gasteiger partial charge in [0, 0.05) is 15.6 Å². The molecule has 0 fully saturated rings. The van der Waals surface area contributed by atoms with Crippen molar-refractivity contribution in [3.05, 3.63) is 82.3 Å². The van der Waals surface area contributed by atoms with E-state index < -0.39 is 0 Å². The van der Waals surface area contributed by atoms with E-state index in [-0.39, 0.29) is 5.78 Å². The lowest BCUT2D eigenvalue weighted by Crippen LogP contribution is -2.15. The quantitative estimate of drug-likeness (QED) is 0.229. The molecular weight excluding hydrogens is 398 g/mol. The van der Waals surface area contributed by atoms with Crippen LogP contribution in [-0.2, 0) is 6.42 Å². The van der Waals surface area contributed by atoms with Gasteiger partial charge in [0.1, 0.15) is 0 Å². The molecule has 0 atom stereocenters. The molecule has 0 radical (unpaired) electrons. The van der Waals surface area contributed by atoms with E-state index in [1.165, 1.54) is 37.7 Å². The van der Waals surface area contributed by atoms with Crippen molar-refractivity contribution < 1.29 is 4.79 Å². The molecule has 0 heterocycles. The smallest absolute Gasteiger partial charge is 0.193 e. The van der Waals surface area contributed by atoms with Crippen LogP contribution in [0.2, 0.25) is 0 Å². The van der Waals surface area contributed by atoms with Crippen LogP contribution in [0.4, 0.5) is 0 Å². The molecule has 144 valence electrons. The number of carbonyl (C=O) groups is 1. The second-order valence-corrected chi connectivity index (χ2v) is 7.79. The molecule has 0 aliphatic heterocycles. The average Bonchev–Trinajstić information content (AvgIpc) is 2.70. The summed E-state index contributed by atoms with van der Waals surface area (Å²) in [5, 5.41) is 3.43. The summed E-state index contributed by atoms with van der Waals surface area (Å²) in [7, 11) is 0. The van der Waals surface area contributed by atoms with E-state index >= 15 is 0 Å². The van der Waals surface area contributed by atoms with Gasteiger partial charge in [0.25, 0.3) is 0 Å². The number of carbonyl (C=O) groups excluding carboxylic acids is 1. The van der Waals surface area contributed by atoms with Crippen LogP contribution in [0.1, 0.15) is 60.0 Å². The molecule has 2 rings (SSSR count). The summed E-state index contributed by atoms with van der Waals surface area (Å²) in [5.41, 5.74) is 2.79. The molecule has 0 aliphatic carbocycles. The second-order valence-electron chi connectivity index (χ2n) is 6.88. The van der Waals surface area contributed by atoms with Crippen LogP contribution in [0, 0.1) is 0 Å². The Hall–Kier alpha value is -1.71. The predicted molar refractivity (Wildman–Crippen MR) is 118 cm³/mol. The highest BCUT2D eigenvalue weighted by Crippen LogP contribution is 2.16. The maximum absolute atomic E-state index is 12.5. The summed E-state index contributed by atoms with van der Waals surface area (Å²) in [5.74, 6) is 0.0794. The number of hydrogen-bond acceptors (Lipinski definition) is 2. The Balaban J connectivity index is 1.63. The minimum absolute atomic E-state index is 0.0794. The van der Waals surface area contributed by atoms with Crippen LogP contribution in [0.15, 0.2) is 65.7 Å². The van der Waals surface area contributed by atoms with Crippen molar-refractivity contribution in [2.24, 2.45) is 0 Å². The van der Waals surface area contributed by atoms with Crippen molar-refractivity contribution in [3.8, 4) is 0 Å². The lowest BCUT2D eigenvalue weighted by molar-refractivity contribution is 0.103. The van der Waals surface area contributed by atoms with Crippen LogP contribution in [0.3, 0.4) is 0 Å². The highest BCUT2D eigenvalue weighted by molar-refractivity contribution is 9.10. The zero-order valence-electron chi connectivity index (χ0n) is 16.1. The van der Waals surface area contributed by atoms with Gasteiger partial charge < -0.3 is 5.32 Å². The van der Waals surface area contributed by atoms with Gasteiger partial charge in [-0.15, -0.1) is 6.58 Å². The first-order chi connectivity index (χ1) is 13.2. The number of rotatable bonds is 13. The Morgan fingerprint density at radius 3 is 2.11 bits per heavy atom. The van der Waals surface area contributed by atoms with Gasteiger partial charge in [-0.3, -0.25) is 4.79 Å². The minimum Gasteiger partial charge on any atom is -0.316 e. The summed E-state index contributed by atoms with van der Waals surface area (Å²) in [6.07, 6.45) is 10.4. The summed E-state index contributed by atoms with van der Waals surface area (Å²) >= 11 is 3.40. The first kappa shape index (κ1) is 21.6. The standard InChI is InChI=1S/C24H30BrNO/c1-2-3-18-26-19-8-6-4-5-7-9-20-10-12-21(13-11-20)24(27)22-14-16-23(25)17-15-22/h2,10-17,26H,1,3-9,18-19H2. The van der Waals surface area contributed by atoms with E-state index in [0.717, 1.165) is 41.5 Å². The maximum Gasteiger partial charge on any atom is 0.193 e. The van der Waals surface area contributed by atoms with Gasteiger partial charge in [-0.1, -0.05) is 65.5 Å². The summed E-state index contributed by atoms with van der Waals surface area (Å²) in [6, 6.07) is 15.6. The molecule has 0 spiro atoms. The zero-order chi connectivity index (χ0) is 19.3. The monoisotopic (exact) mass is 427 g/mol. The Bertz CT molecular complexity index is 691. The summed E-state index contributed by atoms with van der Waals surface area (Å²) < 4.78 is 0.985. The lowest BCUT2D eigenvalue weighted by Gasteiger charge is -2.05. The molecule has 0 bridgehead atoms. The van der Waals surface area contributed by atoms with Gasteiger partial charge in [0.05, 0.1) is 0 Å². The molecule has 3 heteroatoms. The summed E-state index contributed by atoms with van der Waals surface area (Å²) in [4.78, 5) is 12.5. The van der Waals surface area contributed by atoms with Gasteiger partial charge in [0.15, 0.2) is 5.78 Å². The molecule has 27 heavy (non-hydrogen) atoms. The summed E-state index contributed by atoms with van der Waals surface area (Å²) in [6.45, 7) is 5.88. The van der Waals surface area contributed by atoms with Crippen molar-refractivity contribution in [1.29, 1.82) is 0 Å². The van der Waals surface area contributed by atoms with Crippen molar-refractivity contribution in [2.45, 2.75) is 44.9 Å². The Labute approximate surface area is 172 Å². The van der Waals surface area contributed by atoms with E-state index in [0.29, 0.717) is 0 Å². The van der Waals surface area contributed by atoms with Crippen LogP contribution < -0.4 is 5.32 Å². The van der Waals surface area contributed by atoms with E-state index in [2.05, 4.69) is 40.0 Å². The number of benzene rings is 2. The molecule has 0 saturated heterocycles. The zero-order valence-corrected chi connectivity index (χ0v) is 17.6. The third kappa shape index (κ3) is 8.23. The third-order valence-electron chi connectivity index (χ3n) is 4.67. The molecule has 0 aromatic heterocycles. The molecule has 2 nitrogen and oxygen atoms in total. The first-order valence-corrected chi connectivity index (χ1v) is 10.7. The van der Waals surface area contributed by atoms with E-state index in [1.54, 1.807) is 0 Å². The fourth-order valence-electron chi connectivity index (χ4n) is 3.03. The number of hydrogen-bond donors (Lipinski definition) is 1. The number of unbranched alkanes of at least 4 members (excludes halogenated alkanes) is 4. The number of aryl methyl sites for hydroxylation is 1. The van der Waals surface area contributed by atoms with Crippen LogP contribution in [0.25, 0.3) is 0 Å². The predicted octanol–water partition coefficient (Wildman–Crippen LogP) is 6.34. The minimum atomic E-state index is 0.0794. The molecule has 2 aromatic rings. The van der Waals surface area contributed by atoms with Gasteiger partial charge >= 0.3 is 0 Å². The SMILES string of the molecule is C=CCCNCCCCCCCc1ccc(C(=O)c2ccc(Br)cc2)cc1. The fourth-order valence-corrected chi connectivity index (χ4v) is 3.29. The van der Waals surface area contributed by atoms with Gasteiger partial charge in [-0.05, 0) is 68.6 Å². The molecule has 0 aliphatic rings. The largest absolute Gasteiger partial charge is 0.316 e. The fraction of sp³-hybridized carbons (Fsp3) is 0.375. The molecule has 0 saturated carbocycles. The second kappa shape index (κ2) is 12.6. The molecule has 0 unspecified atom stereocenters. The van der Waals surface area contributed by atoms with Gasteiger partial charge in [-0.2, -0.15) is 0 Å². The topological polar surface area (TPSA) is 29.1 Å². The Kier molecular flexibility index (Phi) is 10.1. The van der Waals surface area contributed by atoms with E-state index in [9.17, 15) is 4.79 Å². The highest BCUT2D eigenvalue weighted by Gasteiger charge is 2.08. The van der Waals surface area contributed by atoms with Crippen LogP contribution in [0.5, 0.6) is 0 Å². The molecule has 0 amide bonds. The lowest BCUT2D eigenvalue weighted by atomic mass is 10.00. The maximum atomic E-state index is 12.5. The van der Waals surface area contributed by atoms with Crippen molar-refractivity contribution >= 4 is 21.7 Å². The van der Waals surface area contributed by atoms with E-state index in [1.807, 2.05) is 42.5 Å². The van der Waals surface area contributed by atoms with Crippen LogP contribution in [-0.4, -0.2) is 18.9 Å². The first-order valence-electron chi connectivity index (χ1n) is 9.91. The molecule has 2 aromatic carbocycles. The molecule has 1 N–H and O–H groups in total. The number of halogens is 1. The van der Waals surface area contributed by atoms with Crippen molar-refractivity contribution in [3.63, 3.8) is 0 Å². The number of ketones is 1. The number of nitrogens with one attached hydrogen (secondary N) is 1. The normalized spacial score (nSPS) is 10.7. The Morgan fingerprint density at radius 1 is 0.852 bits per heavy atom. The van der Waals surface area contributed by atoms with E-state index in [4.69, 9.17) is 0 Å². The third-order valence-corrected chi connectivity index (χ3v) is 5.20. The molecular formula is C24H30BrNO. The van der Waals surface area contributed by atoms with Crippen molar-refractivity contribution in [1.82, 2.24) is 5.32 Å².